The topological polar surface area (TPSA) is 132 Å². The highest BCUT2D eigenvalue weighted by Gasteiger charge is 2.21. The van der Waals surface area contributed by atoms with Gasteiger partial charge >= 0.3 is 5.97 Å². The number of nitrogens with zero attached hydrogens (tertiary/aromatic N) is 4. The number of nitro groups is 1. The molecule has 29 heavy (non-hydrogen) atoms. The van der Waals surface area contributed by atoms with Gasteiger partial charge in [0, 0.05) is 18.3 Å². The third-order valence-electron chi connectivity index (χ3n) is 4.13. The van der Waals surface area contributed by atoms with E-state index < -0.39 is 16.5 Å². The van der Waals surface area contributed by atoms with Gasteiger partial charge in [-0.1, -0.05) is 6.07 Å². The molecule has 148 valence electrons. The Kier molecular flexibility index (Phi) is 5.63. The van der Waals surface area contributed by atoms with E-state index in [4.69, 9.17) is 4.74 Å². The summed E-state index contributed by atoms with van der Waals surface area (Å²) in [7, 11) is 1.25. The molecule has 10 heteroatoms. The molecule has 0 unspecified atom stereocenters. The van der Waals surface area contributed by atoms with E-state index in [1.165, 1.54) is 36.1 Å². The number of non-ortho nitro benzene ring substituents is 1. The van der Waals surface area contributed by atoms with E-state index in [2.05, 4.69) is 15.1 Å². The standard InChI is InChI=1S/C19H17N5O5/c1-12(21-16-5-3-4-10-20-16)18-15(11-17(25)29-2)22-23(19(18)26)13-6-8-14(9-7-13)24(27)28/h3-10,22H,11H2,1-2H3/b21-12+. The van der Waals surface area contributed by atoms with Crippen LogP contribution in [0.1, 0.15) is 18.2 Å². The summed E-state index contributed by atoms with van der Waals surface area (Å²) in [6.07, 6.45) is 1.41. The minimum atomic E-state index is -0.533. The van der Waals surface area contributed by atoms with Crippen LogP contribution >= 0.6 is 0 Å². The normalized spacial score (nSPS) is 11.3. The maximum Gasteiger partial charge on any atom is 0.311 e. The molecular weight excluding hydrogens is 378 g/mol. The van der Waals surface area contributed by atoms with Crippen LogP contribution in [0, 0.1) is 10.1 Å². The number of carbonyl (C=O) groups is 1. The average molecular weight is 395 g/mol. The van der Waals surface area contributed by atoms with Crippen LogP contribution in [0.15, 0.2) is 58.4 Å². The minimum Gasteiger partial charge on any atom is -0.469 e. The third kappa shape index (κ3) is 4.26. The van der Waals surface area contributed by atoms with Crippen molar-refractivity contribution in [1.29, 1.82) is 0 Å². The van der Waals surface area contributed by atoms with Gasteiger partial charge in [0.2, 0.25) is 0 Å². The van der Waals surface area contributed by atoms with Gasteiger partial charge in [-0.25, -0.2) is 14.7 Å². The van der Waals surface area contributed by atoms with Crippen LogP contribution in [0.3, 0.4) is 0 Å². The number of nitro benzene ring substituents is 1. The first-order valence-corrected chi connectivity index (χ1v) is 8.53. The first-order valence-electron chi connectivity index (χ1n) is 8.53. The molecule has 10 nitrogen and oxygen atoms in total. The summed E-state index contributed by atoms with van der Waals surface area (Å²) < 4.78 is 5.91. The van der Waals surface area contributed by atoms with E-state index in [-0.39, 0.29) is 17.7 Å². The summed E-state index contributed by atoms with van der Waals surface area (Å²) in [5, 5.41) is 13.7. The molecule has 3 aromatic rings. The van der Waals surface area contributed by atoms with Gasteiger partial charge in [-0.05, 0) is 31.2 Å². The smallest absolute Gasteiger partial charge is 0.311 e. The van der Waals surface area contributed by atoms with E-state index in [0.29, 0.717) is 22.9 Å². The lowest BCUT2D eigenvalue weighted by molar-refractivity contribution is -0.384. The molecule has 0 fully saturated rings. The van der Waals surface area contributed by atoms with E-state index >= 15 is 0 Å². The second-order valence-corrected chi connectivity index (χ2v) is 6.02. The minimum absolute atomic E-state index is 0.101. The molecule has 0 aliphatic carbocycles. The molecule has 0 atom stereocenters. The van der Waals surface area contributed by atoms with Gasteiger partial charge in [0.05, 0.1) is 41.1 Å². The number of aliphatic imine (C=N–C) groups is 1. The van der Waals surface area contributed by atoms with Crippen molar-refractivity contribution >= 4 is 23.2 Å². The largest absolute Gasteiger partial charge is 0.469 e. The molecule has 0 aliphatic rings. The second kappa shape index (κ2) is 8.30. The highest BCUT2D eigenvalue weighted by Crippen LogP contribution is 2.16. The fourth-order valence-corrected chi connectivity index (χ4v) is 2.75. The quantitative estimate of drug-likeness (QED) is 0.295. The highest BCUT2D eigenvalue weighted by atomic mass is 16.6. The Bertz CT molecular complexity index is 1130. The molecular formula is C19H17N5O5. The van der Waals surface area contributed by atoms with E-state index in [0.717, 1.165) is 0 Å². The molecule has 0 aliphatic heterocycles. The summed E-state index contributed by atoms with van der Waals surface area (Å²) >= 11 is 0. The van der Waals surface area contributed by atoms with E-state index in [9.17, 15) is 19.7 Å². The summed E-state index contributed by atoms with van der Waals surface area (Å²) in [4.78, 5) is 43.7. The number of benzene rings is 1. The average Bonchev–Trinajstić information content (AvgIpc) is 3.04. The maximum atomic E-state index is 13.1. The number of hydrogen-bond donors (Lipinski definition) is 1. The number of hydrogen-bond acceptors (Lipinski definition) is 7. The Morgan fingerprint density at radius 2 is 2.00 bits per heavy atom. The van der Waals surface area contributed by atoms with Crippen LogP contribution in [-0.2, 0) is 16.0 Å². The zero-order chi connectivity index (χ0) is 21.0. The summed E-state index contributed by atoms with van der Waals surface area (Å²) in [5.41, 5.74) is 0.719. The van der Waals surface area contributed by atoms with Gasteiger partial charge in [0.25, 0.3) is 11.2 Å². The predicted molar refractivity (Wildman–Crippen MR) is 105 cm³/mol. The number of aromatic amines is 1. The van der Waals surface area contributed by atoms with Crippen LogP contribution in [0.25, 0.3) is 5.69 Å². The molecule has 0 bridgehead atoms. The molecule has 0 radical (unpaired) electrons. The fraction of sp³-hybridized carbons (Fsp3) is 0.158. The van der Waals surface area contributed by atoms with Crippen molar-refractivity contribution in [2.75, 3.05) is 7.11 Å². The van der Waals surface area contributed by atoms with Gasteiger partial charge < -0.3 is 4.74 Å². The molecule has 3 rings (SSSR count). The van der Waals surface area contributed by atoms with Crippen molar-refractivity contribution in [3.63, 3.8) is 0 Å². The summed E-state index contributed by atoms with van der Waals surface area (Å²) in [5.74, 6) is -0.120. The highest BCUT2D eigenvalue weighted by molar-refractivity contribution is 6.01. The summed E-state index contributed by atoms with van der Waals surface area (Å²) in [6, 6.07) is 10.6. The van der Waals surface area contributed by atoms with Crippen molar-refractivity contribution < 1.29 is 14.5 Å². The molecule has 1 N–H and O–H groups in total. The van der Waals surface area contributed by atoms with Crippen LogP contribution in [0.4, 0.5) is 11.5 Å². The third-order valence-corrected chi connectivity index (χ3v) is 4.13. The fourth-order valence-electron chi connectivity index (χ4n) is 2.75. The Morgan fingerprint density at radius 3 is 2.59 bits per heavy atom. The number of methoxy groups -OCH3 is 1. The molecule has 1 aromatic carbocycles. The maximum absolute atomic E-state index is 13.1. The van der Waals surface area contributed by atoms with Crippen LogP contribution in [0.2, 0.25) is 0 Å². The number of H-pyrrole nitrogens is 1. The van der Waals surface area contributed by atoms with Crippen molar-refractivity contribution in [3.05, 3.63) is 80.4 Å². The van der Waals surface area contributed by atoms with Gasteiger partial charge in [0.15, 0.2) is 5.82 Å². The van der Waals surface area contributed by atoms with Crippen molar-refractivity contribution in [2.24, 2.45) is 4.99 Å². The number of rotatable bonds is 6. The predicted octanol–water partition coefficient (Wildman–Crippen LogP) is 2.33. The lowest BCUT2D eigenvalue weighted by atomic mass is 10.1. The Hall–Kier alpha value is -4.08. The first kappa shape index (κ1) is 19.7. The molecule has 0 spiro atoms. The number of nitrogens with one attached hydrogen (secondary N) is 1. The summed E-state index contributed by atoms with van der Waals surface area (Å²) in [6.45, 7) is 1.64. The van der Waals surface area contributed by atoms with Gasteiger partial charge in [0.1, 0.15) is 0 Å². The monoisotopic (exact) mass is 395 g/mol. The van der Waals surface area contributed by atoms with Gasteiger partial charge in [-0.2, -0.15) is 0 Å². The molecule has 0 saturated heterocycles. The van der Waals surface area contributed by atoms with Crippen LogP contribution < -0.4 is 5.56 Å². The Morgan fingerprint density at radius 1 is 1.28 bits per heavy atom. The molecule has 2 heterocycles. The van der Waals surface area contributed by atoms with E-state index in [1.807, 2.05) is 0 Å². The van der Waals surface area contributed by atoms with E-state index in [1.54, 1.807) is 31.3 Å². The van der Waals surface area contributed by atoms with Crippen molar-refractivity contribution in [2.45, 2.75) is 13.3 Å². The van der Waals surface area contributed by atoms with Crippen LogP contribution in [-0.4, -0.2) is 38.5 Å². The van der Waals surface area contributed by atoms with Crippen molar-refractivity contribution in [3.8, 4) is 5.69 Å². The number of esters is 1. The molecule has 2 aromatic heterocycles. The lowest BCUT2D eigenvalue weighted by Gasteiger charge is -2.02. The van der Waals surface area contributed by atoms with Crippen molar-refractivity contribution in [1.82, 2.24) is 14.8 Å². The number of aromatic nitrogens is 3. The number of ether oxygens (including phenoxy) is 1. The molecule has 0 saturated carbocycles. The Labute approximate surface area is 164 Å². The SMILES string of the molecule is COC(=O)Cc1[nH]n(-c2ccc([N+](=O)[O-])cc2)c(=O)c1/C(C)=N/c1ccccn1. The van der Waals surface area contributed by atoms with Gasteiger partial charge in [-0.15, -0.1) is 0 Å². The Balaban J connectivity index is 2.11. The van der Waals surface area contributed by atoms with Gasteiger partial charge in [-0.3, -0.25) is 24.8 Å². The number of carbonyl (C=O) groups excluding carboxylic acids is 1. The lowest BCUT2D eigenvalue weighted by Crippen LogP contribution is -2.20. The first-order chi connectivity index (χ1) is 13.9. The van der Waals surface area contributed by atoms with Crippen LogP contribution in [0.5, 0.6) is 0 Å². The zero-order valence-corrected chi connectivity index (χ0v) is 15.7. The second-order valence-electron chi connectivity index (χ2n) is 6.02. The molecule has 0 amide bonds. The number of pyridine rings is 1. The zero-order valence-electron chi connectivity index (χ0n) is 15.7.